The second-order valence-electron chi connectivity index (χ2n) is 5.93. The van der Waals surface area contributed by atoms with Gasteiger partial charge in [-0.25, -0.2) is 0 Å². The van der Waals surface area contributed by atoms with Crippen LogP contribution in [0.3, 0.4) is 0 Å². The van der Waals surface area contributed by atoms with Crippen LogP contribution in [0.15, 0.2) is 18.2 Å². The van der Waals surface area contributed by atoms with E-state index >= 15 is 0 Å². The first-order chi connectivity index (χ1) is 8.59. The lowest BCUT2D eigenvalue weighted by Crippen LogP contribution is -2.41. The predicted octanol–water partition coefficient (Wildman–Crippen LogP) is 3.94. The van der Waals surface area contributed by atoms with Crippen molar-refractivity contribution in [3.05, 3.63) is 28.8 Å². The maximum atomic E-state index is 6.26. The van der Waals surface area contributed by atoms with Gasteiger partial charge < -0.3 is 10.1 Å². The second-order valence-corrected chi connectivity index (χ2v) is 6.36. The van der Waals surface area contributed by atoms with Crippen molar-refractivity contribution in [1.82, 2.24) is 5.32 Å². The number of hydrogen-bond donors (Lipinski definition) is 1. The number of benzene rings is 1. The normalized spacial score (nSPS) is 30.7. The van der Waals surface area contributed by atoms with Gasteiger partial charge in [-0.3, -0.25) is 0 Å². The maximum absolute atomic E-state index is 6.26. The molecule has 2 atom stereocenters. The fraction of sp³-hybridized carbons (Fsp3) is 0.600. The van der Waals surface area contributed by atoms with E-state index in [1.807, 2.05) is 25.2 Å². The molecule has 0 aromatic heterocycles. The summed E-state index contributed by atoms with van der Waals surface area (Å²) in [7, 11) is 2.01. The zero-order valence-corrected chi connectivity index (χ0v) is 11.8. The Morgan fingerprint density at radius 2 is 2.22 bits per heavy atom. The van der Waals surface area contributed by atoms with Crippen LogP contribution >= 0.6 is 11.6 Å². The molecule has 1 fully saturated rings. The van der Waals surface area contributed by atoms with E-state index in [0.29, 0.717) is 6.04 Å². The molecule has 1 aliphatic heterocycles. The monoisotopic (exact) mass is 265 g/mol. The summed E-state index contributed by atoms with van der Waals surface area (Å²) in [5.74, 6) is 1.87. The topological polar surface area (TPSA) is 21.3 Å². The van der Waals surface area contributed by atoms with Crippen molar-refractivity contribution in [2.45, 2.75) is 44.2 Å². The maximum Gasteiger partial charge on any atom is 0.125 e. The minimum absolute atomic E-state index is 0.0321. The summed E-state index contributed by atoms with van der Waals surface area (Å²) in [5.41, 5.74) is 1.16. The Balaban J connectivity index is 1.90. The molecule has 1 N–H and O–H groups in total. The van der Waals surface area contributed by atoms with Crippen molar-refractivity contribution in [2.75, 3.05) is 7.05 Å². The molecule has 18 heavy (non-hydrogen) atoms. The fourth-order valence-corrected chi connectivity index (χ4v) is 3.23. The first-order valence-corrected chi connectivity index (χ1v) is 7.13. The molecule has 2 unspecified atom stereocenters. The molecule has 2 nitrogen and oxygen atoms in total. The standard InChI is InChI=1S/C15H20ClNO/c1-15(8-10-3-4-10)9-13(17-2)12-7-11(16)5-6-14(12)18-15/h5-7,10,13,17H,3-4,8-9H2,1-2H3. The van der Waals surface area contributed by atoms with E-state index in [9.17, 15) is 0 Å². The van der Waals surface area contributed by atoms with Gasteiger partial charge in [0.1, 0.15) is 11.4 Å². The molecule has 0 bridgehead atoms. The summed E-state index contributed by atoms with van der Waals surface area (Å²) in [6.07, 6.45) is 4.94. The van der Waals surface area contributed by atoms with Crippen molar-refractivity contribution in [1.29, 1.82) is 0 Å². The molecular formula is C15H20ClNO. The third kappa shape index (κ3) is 2.36. The predicted molar refractivity (Wildman–Crippen MR) is 74.2 cm³/mol. The van der Waals surface area contributed by atoms with Gasteiger partial charge in [-0.15, -0.1) is 0 Å². The van der Waals surface area contributed by atoms with Gasteiger partial charge in [-0.05, 0) is 44.5 Å². The smallest absolute Gasteiger partial charge is 0.125 e. The van der Waals surface area contributed by atoms with Crippen LogP contribution in [0.5, 0.6) is 5.75 Å². The molecule has 1 saturated carbocycles. The summed E-state index contributed by atoms with van der Waals surface area (Å²) < 4.78 is 6.26. The number of rotatable bonds is 3. The van der Waals surface area contributed by atoms with Gasteiger partial charge in [0, 0.05) is 23.0 Å². The van der Waals surface area contributed by atoms with Crippen LogP contribution in [0.1, 0.15) is 44.2 Å². The minimum atomic E-state index is -0.0321. The lowest BCUT2D eigenvalue weighted by Gasteiger charge is -2.40. The Morgan fingerprint density at radius 3 is 2.89 bits per heavy atom. The van der Waals surface area contributed by atoms with Crippen molar-refractivity contribution < 1.29 is 4.74 Å². The van der Waals surface area contributed by atoms with E-state index in [2.05, 4.69) is 12.2 Å². The van der Waals surface area contributed by atoms with E-state index in [4.69, 9.17) is 16.3 Å². The highest BCUT2D eigenvalue weighted by Crippen LogP contribution is 2.46. The molecule has 3 heteroatoms. The number of nitrogens with one attached hydrogen (secondary N) is 1. The van der Waals surface area contributed by atoms with Crippen molar-refractivity contribution >= 4 is 11.6 Å². The van der Waals surface area contributed by atoms with Crippen molar-refractivity contribution in [2.24, 2.45) is 5.92 Å². The average Bonchev–Trinajstić information content (AvgIpc) is 3.12. The molecule has 0 radical (unpaired) electrons. The van der Waals surface area contributed by atoms with Gasteiger partial charge >= 0.3 is 0 Å². The van der Waals surface area contributed by atoms with Crippen LogP contribution < -0.4 is 10.1 Å². The van der Waals surface area contributed by atoms with Crippen molar-refractivity contribution in [3.8, 4) is 5.75 Å². The largest absolute Gasteiger partial charge is 0.487 e. The third-order valence-corrected chi connectivity index (χ3v) is 4.34. The number of ether oxygens (including phenoxy) is 1. The van der Waals surface area contributed by atoms with E-state index in [1.165, 1.54) is 24.8 Å². The Bertz CT molecular complexity index is 458. The zero-order valence-electron chi connectivity index (χ0n) is 11.0. The van der Waals surface area contributed by atoms with Crippen molar-refractivity contribution in [3.63, 3.8) is 0 Å². The molecule has 0 amide bonds. The fourth-order valence-electron chi connectivity index (χ4n) is 3.05. The molecule has 0 saturated heterocycles. The van der Waals surface area contributed by atoms with Gasteiger partial charge in [0.05, 0.1) is 0 Å². The summed E-state index contributed by atoms with van der Waals surface area (Å²) in [6, 6.07) is 6.29. The average molecular weight is 266 g/mol. The summed E-state index contributed by atoms with van der Waals surface area (Å²) >= 11 is 6.08. The number of hydrogen-bond acceptors (Lipinski definition) is 2. The molecule has 1 aromatic carbocycles. The molecule has 3 rings (SSSR count). The Kier molecular flexibility index (Phi) is 3.03. The van der Waals surface area contributed by atoms with E-state index < -0.39 is 0 Å². The molecule has 1 aromatic rings. The van der Waals surface area contributed by atoms with Crippen LogP contribution in [-0.2, 0) is 0 Å². The van der Waals surface area contributed by atoms with E-state index in [0.717, 1.165) is 23.1 Å². The highest BCUT2D eigenvalue weighted by molar-refractivity contribution is 6.30. The highest BCUT2D eigenvalue weighted by atomic mass is 35.5. The van der Waals surface area contributed by atoms with Crippen LogP contribution in [0, 0.1) is 5.92 Å². The summed E-state index contributed by atoms with van der Waals surface area (Å²) in [6.45, 7) is 2.24. The number of fused-ring (bicyclic) bond motifs is 1. The molecule has 2 aliphatic rings. The van der Waals surface area contributed by atoms with Gasteiger partial charge in [0.25, 0.3) is 0 Å². The van der Waals surface area contributed by atoms with Gasteiger partial charge in [-0.1, -0.05) is 24.4 Å². The van der Waals surface area contributed by atoms with Crippen LogP contribution in [-0.4, -0.2) is 12.6 Å². The van der Waals surface area contributed by atoms with Crippen LogP contribution in [0.4, 0.5) is 0 Å². The Hall–Kier alpha value is -0.730. The van der Waals surface area contributed by atoms with Gasteiger partial charge in [-0.2, -0.15) is 0 Å². The Morgan fingerprint density at radius 1 is 1.44 bits per heavy atom. The lowest BCUT2D eigenvalue weighted by atomic mass is 9.85. The minimum Gasteiger partial charge on any atom is -0.487 e. The molecule has 98 valence electrons. The molecule has 0 spiro atoms. The SMILES string of the molecule is CNC1CC(C)(CC2CC2)Oc2ccc(Cl)cc21. The quantitative estimate of drug-likeness (QED) is 0.894. The zero-order chi connectivity index (χ0) is 12.8. The van der Waals surface area contributed by atoms with E-state index in [1.54, 1.807) is 0 Å². The lowest BCUT2D eigenvalue weighted by molar-refractivity contribution is 0.0357. The molecule has 1 aliphatic carbocycles. The molecule has 1 heterocycles. The van der Waals surface area contributed by atoms with Gasteiger partial charge in [0.15, 0.2) is 0 Å². The second kappa shape index (κ2) is 4.43. The third-order valence-electron chi connectivity index (χ3n) is 4.11. The highest BCUT2D eigenvalue weighted by Gasteiger charge is 2.40. The summed E-state index contributed by atoms with van der Waals surface area (Å²) in [5, 5.41) is 4.18. The number of halogens is 1. The first-order valence-electron chi connectivity index (χ1n) is 6.75. The molecular weight excluding hydrogens is 246 g/mol. The Labute approximate surface area is 114 Å². The first kappa shape index (κ1) is 12.3. The van der Waals surface area contributed by atoms with Gasteiger partial charge in [0.2, 0.25) is 0 Å². The van der Waals surface area contributed by atoms with Crippen LogP contribution in [0.2, 0.25) is 5.02 Å². The van der Waals surface area contributed by atoms with E-state index in [-0.39, 0.29) is 5.60 Å². The van der Waals surface area contributed by atoms with Crippen LogP contribution in [0.25, 0.3) is 0 Å². The summed E-state index contributed by atoms with van der Waals surface area (Å²) in [4.78, 5) is 0.